The van der Waals surface area contributed by atoms with Crippen molar-refractivity contribution in [3.8, 4) is 0 Å². The molecule has 19 heavy (non-hydrogen) atoms. The fourth-order valence-electron chi connectivity index (χ4n) is 1.37. The number of halogens is 1. The number of carbonyl (C=O) groups is 1. The molecule has 4 nitrogen and oxygen atoms in total. The number of benzene rings is 2. The van der Waals surface area contributed by atoms with Gasteiger partial charge in [0.05, 0.1) is 5.56 Å². The average Bonchev–Trinajstić information content (AvgIpc) is 2.40. The van der Waals surface area contributed by atoms with Gasteiger partial charge in [0.25, 0.3) is 0 Å². The first-order valence-corrected chi connectivity index (χ1v) is 7.07. The third-order valence-corrected chi connectivity index (χ3v) is 3.77. The summed E-state index contributed by atoms with van der Waals surface area (Å²) >= 11 is 5.66. The van der Waals surface area contributed by atoms with Gasteiger partial charge in [0, 0.05) is 5.02 Å². The smallest absolute Gasteiger partial charge is 0.338 e. The lowest BCUT2D eigenvalue weighted by atomic mass is 10.2. The molecule has 0 aliphatic heterocycles. The Morgan fingerprint density at radius 1 is 0.947 bits per heavy atom. The van der Waals surface area contributed by atoms with Crippen molar-refractivity contribution in [2.75, 3.05) is 0 Å². The maximum atomic E-state index is 11.8. The zero-order chi connectivity index (χ0) is 13.9. The van der Waals surface area contributed by atoms with Crippen molar-refractivity contribution in [3.63, 3.8) is 0 Å². The molecule has 0 saturated carbocycles. The molecule has 0 atom stereocenters. The first-order valence-electron chi connectivity index (χ1n) is 5.28. The van der Waals surface area contributed by atoms with Crippen LogP contribution in [0.1, 0.15) is 10.4 Å². The number of rotatable bonds is 3. The summed E-state index contributed by atoms with van der Waals surface area (Å²) in [6.07, 6.45) is 0. The summed E-state index contributed by atoms with van der Waals surface area (Å²) in [4.78, 5) is 11.5. The van der Waals surface area contributed by atoms with Crippen LogP contribution in [0.5, 0.6) is 0 Å². The second-order valence-electron chi connectivity index (χ2n) is 3.64. The van der Waals surface area contributed by atoms with E-state index in [0.29, 0.717) is 5.02 Å². The molecule has 2 aromatic rings. The molecule has 0 saturated heterocycles. The second kappa shape index (κ2) is 5.42. The molecule has 0 unspecified atom stereocenters. The molecular formula is C13H9ClO4S. The molecule has 0 radical (unpaired) electrons. The van der Waals surface area contributed by atoms with E-state index < -0.39 is 16.1 Å². The van der Waals surface area contributed by atoms with Crippen molar-refractivity contribution < 1.29 is 17.4 Å². The van der Waals surface area contributed by atoms with Gasteiger partial charge in [0.15, 0.2) is 0 Å². The number of hydrogen-bond donors (Lipinski definition) is 0. The van der Waals surface area contributed by atoms with Gasteiger partial charge < -0.3 is 4.18 Å². The van der Waals surface area contributed by atoms with Gasteiger partial charge in [0.2, 0.25) is 0 Å². The maximum Gasteiger partial charge on any atom is 0.354 e. The fraction of sp³-hybridized carbons (Fsp3) is 0. The summed E-state index contributed by atoms with van der Waals surface area (Å²) in [5.41, 5.74) is 0.167. The SMILES string of the molecule is O=C(OS(=O)(=O)c1ccc(Cl)cc1)c1ccccc1. The van der Waals surface area contributed by atoms with Gasteiger partial charge in [-0.25, -0.2) is 4.79 Å². The molecule has 0 fully saturated rings. The summed E-state index contributed by atoms with van der Waals surface area (Å²) in [6.45, 7) is 0. The fourth-order valence-corrected chi connectivity index (χ4v) is 2.36. The van der Waals surface area contributed by atoms with Crippen molar-refractivity contribution >= 4 is 27.7 Å². The molecule has 0 amide bonds. The van der Waals surface area contributed by atoms with Gasteiger partial charge in [-0.1, -0.05) is 29.8 Å². The highest BCUT2D eigenvalue weighted by Crippen LogP contribution is 2.17. The van der Waals surface area contributed by atoms with Gasteiger partial charge in [-0.3, -0.25) is 0 Å². The van der Waals surface area contributed by atoms with Crippen LogP contribution in [0.2, 0.25) is 5.02 Å². The van der Waals surface area contributed by atoms with Crippen LogP contribution in [0.25, 0.3) is 0 Å². The van der Waals surface area contributed by atoms with Gasteiger partial charge in [-0.2, -0.15) is 8.42 Å². The summed E-state index contributed by atoms with van der Waals surface area (Å²) in [7, 11) is -4.13. The first kappa shape index (κ1) is 13.6. The Kier molecular flexibility index (Phi) is 3.87. The number of hydrogen-bond acceptors (Lipinski definition) is 4. The van der Waals surface area contributed by atoms with E-state index in [2.05, 4.69) is 4.18 Å². The van der Waals surface area contributed by atoms with Crippen LogP contribution in [0.4, 0.5) is 0 Å². The van der Waals surface area contributed by atoms with Gasteiger partial charge in [0.1, 0.15) is 4.90 Å². The van der Waals surface area contributed by atoms with E-state index in [9.17, 15) is 13.2 Å². The lowest BCUT2D eigenvalue weighted by Gasteiger charge is -2.05. The second-order valence-corrected chi connectivity index (χ2v) is 5.63. The Morgan fingerprint density at radius 2 is 1.53 bits per heavy atom. The van der Waals surface area contributed by atoms with E-state index >= 15 is 0 Å². The summed E-state index contributed by atoms with van der Waals surface area (Å²) < 4.78 is 28.2. The van der Waals surface area contributed by atoms with Crippen molar-refractivity contribution in [3.05, 3.63) is 65.2 Å². The third kappa shape index (κ3) is 3.33. The molecular weight excluding hydrogens is 288 g/mol. The van der Waals surface area contributed by atoms with Crippen molar-refractivity contribution in [1.82, 2.24) is 0 Å². The Bertz CT molecular complexity index is 678. The molecule has 0 aliphatic rings. The zero-order valence-corrected chi connectivity index (χ0v) is 11.2. The van der Waals surface area contributed by atoms with Crippen LogP contribution >= 0.6 is 11.6 Å². The molecule has 0 aliphatic carbocycles. The van der Waals surface area contributed by atoms with Crippen LogP contribution in [0.3, 0.4) is 0 Å². The number of carbonyl (C=O) groups excluding carboxylic acids is 1. The quantitative estimate of drug-likeness (QED) is 0.817. The van der Waals surface area contributed by atoms with Crippen LogP contribution in [0.15, 0.2) is 59.5 Å². The van der Waals surface area contributed by atoms with E-state index in [1.807, 2.05) is 0 Å². The molecule has 0 bridgehead atoms. The maximum absolute atomic E-state index is 11.8. The Hall–Kier alpha value is -1.85. The largest absolute Gasteiger partial charge is 0.354 e. The van der Waals surface area contributed by atoms with Crippen LogP contribution in [0, 0.1) is 0 Å². The molecule has 6 heteroatoms. The molecule has 2 rings (SSSR count). The van der Waals surface area contributed by atoms with Crippen molar-refractivity contribution in [1.29, 1.82) is 0 Å². The van der Waals surface area contributed by atoms with E-state index in [4.69, 9.17) is 11.6 Å². The third-order valence-electron chi connectivity index (χ3n) is 2.30. The van der Waals surface area contributed by atoms with Gasteiger partial charge in [-0.05, 0) is 36.4 Å². The Labute approximate surface area is 115 Å². The van der Waals surface area contributed by atoms with E-state index in [0.717, 1.165) is 0 Å². The highest BCUT2D eigenvalue weighted by Gasteiger charge is 2.20. The summed E-state index contributed by atoms with van der Waals surface area (Å²) in [5, 5.41) is 0.397. The molecule has 0 aromatic heterocycles. The topological polar surface area (TPSA) is 60.4 Å². The molecule has 0 N–H and O–H groups in total. The minimum absolute atomic E-state index is 0.124. The molecule has 2 aromatic carbocycles. The van der Waals surface area contributed by atoms with Crippen LogP contribution in [-0.2, 0) is 14.3 Å². The zero-order valence-electron chi connectivity index (χ0n) is 9.62. The average molecular weight is 297 g/mol. The van der Waals surface area contributed by atoms with Crippen LogP contribution < -0.4 is 0 Å². The predicted octanol–water partition coefficient (Wildman–Crippen LogP) is 2.89. The Balaban J connectivity index is 2.23. The van der Waals surface area contributed by atoms with Crippen molar-refractivity contribution in [2.45, 2.75) is 4.90 Å². The standard InChI is InChI=1S/C13H9ClO4S/c14-11-6-8-12(9-7-11)19(16,17)18-13(15)10-4-2-1-3-5-10/h1-9H. The van der Waals surface area contributed by atoms with E-state index in [1.165, 1.54) is 36.4 Å². The van der Waals surface area contributed by atoms with E-state index in [1.54, 1.807) is 18.2 Å². The normalized spacial score (nSPS) is 11.0. The minimum atomic E-state index is -4.13. The minimum Gasteiger partial charge on any atom is -0.338 e. The van der Waals surface area contributed by atoms with Crippen LogP contribution in [-0.4, -0.2) is 14.4 Å². The van der Waals surface area contributed by atoms with Gasteiger partial charge >= 0.3 is 16.1 Å². The Morgan fingerprint density at radius 3 is 2.11 bits per heavy atom. The highest BCUT2D eigenvalue weighted by atomic mass is 35.5. The first-order chi connectivity index (χ1) is 8.99. The summed E-state index contributed by atoms with van der Waals surface area (Å²) in [5.74, 6) is -0.921. The molecule has 0 heterocycles. The molecule has 98 valence electrons. The molecule has 0 spiro atoms. The highest BCUT2D eigenvalue weighted by molar-refractivity contribution is 7.87. The van der Waals surface area contributed by atoms with Crippen molar-refractivity contribution in [2.24, 2.45) is 0 Å². The lowest BCUT2D eigenvalue weighted by molar-refractivity contribution is 0.0746. The monoisotopic (exact) mass is 296 g/mol. The van der Waals surface area contributed by atoms with Gasteiger partial charge in [-0.15, -0.1) is 0 Å². The predicted molar refractivity (Wildman–Crippen MR) is 70.5 cm³/mol. The van der Waals surface area contributed by atoms with E-state index in [-0.39, 0.29) is 10.5 Å². The summed E-state index contributed by atoms with van der Waals surface area (Å²) in [6, 6.07) is 13.3. The lowest BCUT2D eigenvalue weighted by Crippen LogP contribution is -2.13.